The smallest absolute Gasteiger partial charge is 0.194 e. The molecule has 0 fully saturated rings. The van der Waals surface area contributed by atoms with Crippen molar-refractivity contribution in [2.75, 3.05) is 7.11 Å². The normalized spacial score (nSPS) is 10.7. The van der Waals surface area contributed by atoms with E-state index in [1.54, 1.807) is 18.4 Å². The molecule has 0 unspecified atom stereocenters. The standard InChI is InChI=1S/C17H14O2S/c1-11-6-7-13(10-15(11)19-2)16(18)14-5-3-4-12-8-9-20-17(12)14/h3-10H,1-2H3. The molecule has 0 spiro atoms. The van der Waals surface area contributed by atoms with Gasteiger partial charge in [-0.2, -0.15) is 0 Å². The molecule has 0 aliphatic carbocycles. The Morgan fingerprint density at radius 3 is 2.80 bits per heavy atom. The molecule has 3 heteroatoms. The number of thiophene rings is 1. The third kappa shape index (κ3) is 2.10. The van der Waals surface area contributed by atoms with Gasteiger partial charge in [0.15, 0.2) is 5.78 Å². The van der Waals surface area contributed by atoms with Gasteiger partial charge in [-0.15, -0.1) is 11.3 Å². The van der Waals surface area contributed by atoms with Gasteiger partial charge in [-0.1, -0.05) is 24.3 Å². The van der Waals surface area contributed by atoms with Crippen LogP contribution in [0.15, 0.2) is 47.8 Å². The van der Waals surface area contributed by atoms with Crippen LogP contribution in [0.3, 0.4) is 0 Å². The predicted molar refractivity (Wildman–Crippen MR) is 83.0 cm³/mol. The second-order valence-electron chi connectivity index (χ2n) is 4.66. The minimum Gasteiger partial charge on any atom is -0.496 e. The molecule has 0 amide bonds. The number of hydrogen-bond acceptors (Lipinski definition) is 3. The minimum absolute atomic E-state index is 0.0383. The van der Waals surface area contributed by atoms with Crippen molar-refractivity contribution in [1.29, 1.82) is 0 Å². The highest BCUT2D eigenvalue weighted by molar-refractivity contribution is 7.17. The maximum Gasteiger partial charge on any atom is 0.194 e. The zero-order chi connectivity index (χ0) is 14.1. The molecule has 2 nitrogen and oxygen atoms in total. The van der Waals surface area contributed by atoms with Crippen LogP contribution in [0.4, 0.5) is 0 Å². The van der Waals surface area contributed by atoms with Gasteiger partial charge < -0.3 is 4.74 Å². The summed E-state index contributed by atoms with van der Waals surface area (Å²) < 4.78 is 6.33. The third-order valence-electron chi connectivity index (χ3n) is 3.39. The largest absolute Gasteiger partial charge is 0.496 e. The van der Waals surface area contributed by atoms with Gasteiger partial charge in [0.05, 0.1) is 7.11 Å². The zero-order valence-corrected chi connectivity index (χ0v) is 12.2. The van der Waals surface area contributed by atoms with Crippen LogP contribution in [0.25, 0.3) is 10.1 Å². The molecule has 3 rings (SSSR count). The zero-order valence-electron chi connectivity index (χ0n) is 11.3. The minimum atomic E-state index is 0.0383. The van der Waals surface area contributed by atoms with Crippen molar-refractivity contribution < 1.29 is 9.53 Å². The van der Waals surface area contributed by atoms with Crippen LogP contribution >= 0.6 is 11.3 Å². The molecule has 1 heterocycles. The van der Waals surface area contributed by atoms with Gasteiger partial charge in [0.2, 0.25) is 0 Å². The first-order valence-electron chi connectivity index (χ1n) is 6.36. The molecule has 0 radical (unpaired) electrons. The lowest BCUT2D eigenvalue weighted by Crippen LogP contribution is -2.02. The highest BCUT2D eigenvalue weighted by atomic mass is 32.1. The summed E-state index contributed by atoms with van der Waals surface area (Å²) in [6.45, 7) is 1.97. The molecule has 0 saturated carbocycles. The van der Waals surface area contributed by atoms with Crippen LogP contribution in [-0.2, 0) is 0 Å². The molecule has 3 aromatic rings. The summed E-state index contributed by atoms with van der Waals surface area (Å²) >= 11 is 1.60. The van der Waals surface area contributed by atoms with Crippen LogP contribution < -0.4 is 4.74 Å². The molecule has 0 saturated heterocycles. The molecule has 100 valence electrons. The average molecular weight is 282 g/mol. The van der Waals surface area contributed by atoms with E-state index in [1.165, 1.54) is 0 Å². The SMILES string of the molecule is COc1cc(C(=O)c2cccc3ccsc23)ccc1C. The molecule has 0 aliphatic heterocycles. The van der Waals surface area contributed by atoms with Crippen LogP contribution in [0.1, 0.15) is 21.5 Å². The van der Waals surface area contributed by atoms with Crippen molar-refractivity contribution in [2.24, 2.45) is 0 Å². The van der Waals surface area contributed by atoms with Crippen molar-refractivity contribution >= 4 is 27.2 Å². The number of aryl methyl sites for hydroxylation is 1. The van der Waals surface area contributed by atoms with Gasteiger partial charge in [0, 0.05) is 15.8 Å². The third-order valence-corrected chi connectivity index (χ3v) is 4.36. The van der Waals surface area contributed by atoms with E-state index in [4.69, 9.17) is 4.74 Å². The van der Waals surface area contributed by atoms with E-state index in [-0.39, 0.29) is 5.78 Å². The number of hydrogen-bond donors (Lipinski definition) is 0. The summed E-state index contributed by atoms with van der Waals surface area (Å²) in [6.07, 6.45) is 0. The summed E-state index contributed by atoms with van der Waals surface area (Å²) in [5.41, 5.74) is 2.44. The van der Waals surface area contributed by atoms with E-state index in [1.807, 2.05) is 54.8 Å². The Morgan fingerprint density at radius 1 is 1.15 bits per heavy atom. The summed E-state index contributed by atoms with van der Waals surface area (Å²) in [7, 11) is 1.62. The number of carbonyl (C=O) groups excluding carboxylic acids is 1. The fourth-order valence-corrected chi connectivity index (χ4v) is 3.20. The van der Waals surface area contributed by atoms with Gasteiger partial charge in [-0.25, -0.2) is 0 Å². The van der Waals surface area contributed by atoms with Crippen molar-refractivity contribution in [2.45, 2.75) is 6.92 Å². The Kier molecular flexibility index (Phi) is 3.28. The lowest BCUT2D eigenvalue weighted by atomic mass is 10.0. The fourth-order valence-electron chi connectivity index (χ4n) is 2.29. The number of ether oxygens (including phenoxy) is 1. The van der Waals surface area contributed by atoms with Crippen LogP contribution in [0.5, 0.6) is 5.75 Å². The first-order valence-corrected chi connectivity index (χ1v) is 7.24. The number of rotatable bonds is 3. The maximum absolute atomic E-state index is 12.7. The van der Waals surface area contributed by atoms with Gasteiger partial charge in [-0.3, -0.25) is 4.79 Å². The molecule has 1 aromatic heterocycles. The average Bonchev–Trinajstić information content (AvgIpc) is 2.95. The second kappa shape index (κ2) is 5.10. The fraction of sp³-hybridized carbons (Fsp3) is 0.118. The molecular weight excluding hydrogens is 268 g/mol. The summed E-state index contributed by atoms with van der Waals surface area (Å²) in [6, 6.07) is 13.4. The number of benzene rings is 2. The van der Waals surface area contributed by atoms with Crippen LogP contribution in [-0.4, -0.2) is 12.9 Å². The van der Waals surface area contributed by atoms with E-state index < -0.39 is 0 Å². The summed E-state index contributed by atoms with van der Waals surface area (Å²) in [5.74, 6) is 0.783. The highest BCUT2D eigenvalue weighted by Crippen LogP contribution is 2.28. The van der Waals surface area contributed by atoms with E-state index in [9.17, 15) is 4.79 Å². The molecule has 0 atom stereocenters. The predicted octanol–water partition coefficient (Wildman–Crippen LogP) is 4.45. The Morgan fingerprint density at radius 2 is 2.00 bits per heavy atom. The number of ketones is 1. The molecule has 0 bridgehead atoms. The van der Waals surface area contributed by atoms with E-state index in [0.29, 0.717) is 5.56 Å². The van der Waals surface area contributed by atoms with E-state index in [0.717, 1.165) is 27.0 Å². The van der Waals surface area contributed by atoms with Gasteiger partial charge in [0.25, 0.3) is 0 Å². The first-order chi connectivity index (χ1) is 9.70. The molecule has 20 heavy (non-hydrogen) atoms. The Hall–Kier alpha value is -2.13. The van der Waals surface area contributed by atoms with Crippen molar-refractivity contribution in [3.8, 4) is 5.75 Å². The first kappa shape index (κ1) is 12.9. The van der Waals surface area contributed by atoms with Gasteiger partial charge in [-0.05, 0) is 41.5 Å². The Labute approximate surface area is 121 Å². The lowest BCUT2D eigenvalue weighted by Gasteiger charge is -2.07. The lowest BCUT2D eigenvalue weighted by molar-refractivity contribution is 0.104. The Bertz CT molecular complexity index is 787. The summed E-state index contributed by atoms with van der Waals surface area (Å²) in [5, 5.41) is 3.12. The number of methoxy groups -OCH3 is 1. The highest BCUT2D eigenvalue weighted by Gasteiger charge is 2.14. The maximum atomic E-state index is 12.7. The van der Waals surface area contributed by atoms with Crippen molar-refractivity contribution in [3.63, 3.8) is 0 Å². The monoisotopic (exact) mass is 282 g/mol. The topological polar surface area (TPSA) is 26.3 Å². The summed E-state index contributed by atoms with van der Waals surface area (Å²) in [4.78, 5) is 12.7. The van der Waals surface area contributed by atoms with Crippen molar-refractivity contribution in [1.82, 2.24) is 0 Å². The molecular formula is C17H14O2S. The molecule has 0 N–H and O–H groups in total. The van der Waals surface area contributed by atoms with Gasteiger partial charge in [0.1, 0.15) is 5.75 Å². The van der Waals surface area contributed by atoms with Crippen molar-refractivity contribution in [3.05, 3.63) is 64.5 Å². The number of carbonyl (C=O) groups is 1. The van der Waals surface area contributed by atoms with E-state index in [2.05, 4.69) is 0 Å². The van der Waals surface area contributed by atoms with Crippen LogP contribution in [0.2, 0.25) is 0 Å². The van der Waals surface area contributed by atoms with E-state index >= 15 is 0 Å². The van der Waals surface area contributed by atoms with Crippen LogP contribution in [0, 0.1) is 6.92 Å². The Balaban J connectivity index is 2.11. The number of fused-ring (bicyclic) bond motifs is 1. The quantitative estimate of drug-likeness (QED) is 0.663. The molecule has 0 aliphatic rings. The van der Waals surface area contributed by atoms with Gasteiger partial charge >= 0.3 is 0 Å². The second-order valence-corrected chi connectivity index (χ2v) is 5.57. The molecule has 2 aromatic carbocycles.